The number of hydrogen-bond acceptors (Lipinski definition) is 5. The Kier molecular flexibility index (Phi) is 6.32. The number of aryl methyl sites for hydroxylation is 1. The van der Waals surface area contributed by atoms with Gasteiger partial charge in [0.2, 0.25) is 0 Å². The lowest BCUT2D eigenvalue weighted by molar-refractivity contribution is -0.0373. The molecule has 4 rings (SSSR count). The number of nitrogens with zero attached hydrogens (tertiary/aromatic N) is 2. The molecule has 158 valence electrons. The van der Waals surface area contributed by atoms with Crippen molar-refractivity contribution in [1.82, 2.24) is 9.88 Å². The molecule has 0 amide bonds. The average molecular weight is 407 g/mol. The number of aromatic nitrogens is 1. The van der Waals surface area contributed by atoms with Gasteiger partial charge in [0, 0.05) is 36.8 Å². The van der Waals surface area contributed by atoms with Crippen LogP contribution in [0.2, 0.25) is 0 Å². The summed E-state index contributed by atoms with van der Waals surface area (Å²) in [7, 11) is 0. The number of piperidine rings is 1. The number of ether oxygens (including phenoxy) is 1. The molecule has 5 heteroatoms. The van der Waals surface area contributed by atoms with E-state index in [4.69, 9.17) is 4.74 Å². The Hall–Kier alpha value is -2.47. The molecule has 0 saturated carbocycles. The van der Waals surface area contributed by atoms with Crippen LogP contribution in [0.15, 0.2) is 60.8 Å². The first-order valence-corrected chi connectivity index (χ1v) is 10.8. The summed E-state index contributed by atoms with van der Waals surface area (Å²) in [6.07, 6.45) is 3.48. The molecular formula is C25H30N2O3. The molecule has 2 N–H and O–H groups in total. The van der Waals surface area contributed by atoms with Gasteiger partial charge in [0.05, 0.1) is 11.1 Å². The summed E-state index contributed by atoms with van der Waals surface area (Å²) < 4.78 is 5.73. The van der Waals surface area contributed by atoms with Crippen molar-refractivity contribution in [2.24, 2.45) is 0 Å². The second kappa shape index (κ2) is 9.13. The molecule has 0 spiro atoms. The van der Waals surface area contributed by atoms with E-state index in [1.165, 1.54) is 5.56 Å². The molecule has 0 bridgehead atoms. The molecule has 5 nitrogen and oxygen atoms in total. The number of hydrogen-bond donors (Lipinski definition) is 2. The molecule has 3 aromatic rings. The molecule has 1 aliphatic heterocycles. The van der Waals surface area contributed by atoms with Gasteiger partial charge in [0.1, 0.15) is 18.5 Å². The molecule has 0 aliphatic carbocycles. The largest absolute Gasteiger partial charge is 0.491 e. The fraction of sp³-hybridized carbons (Fsp3) is 0.400. The van der Waals surface area contributed by atoms with Crippen LogP contribution in [-0.4, -0.2) is 52.4 Å². The maximum Gasteiger partial charge on any atom is 0.119 e. The summed E-state index contributed by atoms with van der Waals surface area (Å²) in [5, 5.41) is 22.6. The highest BCUT2D eigenvalue weighted by Gasteiger charge is 2.34. The summed E-state index contributed by atoms with van der Waals surface area (Å²) in [5.41, 5.74) is 2.22. The molecule has 0 radical (unpaired) electrons. The molecule has 1 saturated heterocycles. The summed E-state index contributed by atoms with van der Waals surface area (Å²) in [5.74, 6) is 0.781. The molecule has 1 atom stereocenters. The van der Waals surface area contributed by atoms with Gasteiger partial charge >= 0.3 is 0 Å². The van der Waals surface area contributed by atoms with Gasteiger partial charge in [-0.05, 0) is 49.1 Å². The molecule has 30 heavy (non-hydrogen) atoms. The van der Waals surface area contributed by atoms with Crippen molar-refractivity contribution >= 4 is 10.9 Å². The number of likely N-dealkylation sites (tertiary alicyclic amines) is 1. The standard InChI is InChI=1S/C25H30N2O3/c1-2-19-7-9-23(10-8-19)30-18-22(28)17-27-13-11-25(29,12-14-27)21-15-20-5-3-4-6-24(20)26-16-21/h3-10,15-16,22,28-29H,2,11-14,17-18H2,1H3/t22-/m0/s1. The van der Waals surface area contributed by atoms with E-state index in [0.29, 0.717) is 19.4 Å². The maximum atomic E-state index is 11.2. The lowest BCUT2D eigenvalue weighted by Crippen LogP contribution is -2.46. The highest BCUT2D eigenvalue weighted by Crippen LogP contribution is 2.33. The molecule has 0 unspecified atom stereocenters. The van der Waals surface area contributed by atoms with Crippen LogP contribution < -0.4 is 4.74 Å². The number of rotatable bonds is 7. The number of aliphatic hydroxyl groups excluding tert-OH is 1. The van der Waals surface area contributed by atoms with Crippen LogP contribution >= 0.6 is 0 Å². The van der Waals surface area contributed by atoms with E-state index >= 15 is 0 Å². The predicted octanol–water partition coefficient (Wildman–Crippen LogP) is 3.52. The van der Waals surface area contributed by atoms with Crippen molar-refractivity contribution in [2.75, 3.05) is 26.2 Å². The summed E-state index contributed by atoms with van der Waals surface area (Å²) in [4.78, 5) is 6.69. The Morgan fingerprint density at radius 3 is 2.57 bits per heavy atom. The second-order valence-corrected chi connectivity index (χ2v) is 8.21. The van der Waals surface area contributed by atoms with Gasteiger partial charge in [0.25, 0.3) is 0 Å². The highest BCUT2D eigenvalue weighted by molar-refractivity contribution is 5.78. The first kappa shape index (κ1) is 20.8. The third-order valence-corrected chi connectivity index (χ3v) is 6.05. The number of aliphatic hydroxyl groups is 2. The van der Waals surface area contributed by atoms with Gasteiger partial charge in [-0.15, -0.1) is 0 Å². The number of β-amino-alcohol motifs (C(OH)–C–C–N with tert-alkyl or cyclic N) is 1. The third kappa shape index (κ3) is 4.81. The van der Waals surface area contributed by atoms with Crippen molar-refractivity contribution < 1.29 is 14.9 Å². The minimum absolute atomic E-state index is 0.265. The molecule has 1 aliphatic rings. The normalized spacial score (nSPS) is 17.7. The van der Waals surface area contributed by atoms with Crippen LogP contribution in [0.1, 0.15) is 30.9 Å². The van der Waals surface area contributed by atoms with Gasteiger partial charge in [-0.3, -0.25) is 4.98 Å². The summed E-state index contributed by atoms with van der Waals surface area (Å²) in [6.45, 7) is 4.38. The minimum Gasteiger partial charge on any atom is -0.491 e. The van der Waals surface area contributed by atoms with E-state index < -0.39 is 11.7 Å². The van der Waals surface area contributed by atoms with E-state index in [-0.39, 0.29) is 6.61 Å². The topological polar surface area (TPSA) is 65.8 Å². The van der Waals surface area contributed by atoms with Crippen LogP contribution in [-0.2, 0) is 12.0 Å². The fourth-order valence-corrected chi connectivity index (χ4v) is 4.08. The number of fused-ring (bicyclic) bond motifs is 1. The summed E-state index contributed by atoms with van der Waals surface area (Å²) >= 11 is 0. The molecule has 2 heterocycles. The van der Waals surface area contributed by atoms with E-state index in [0.717, 1.165) is 41.7 Å². The van der Waals surface area contributed by atoms with Gasteiger partial charge < -0.3 is 19.8 Å². The molecule has 1 fully saturated rings. The molecule has 1 aromatic heterocycles. The Balaban J connectivity index is 1.28. The van der Waals surface area contributed by atoms with Crippen LogP contribution in [0.5, 0.6) is 5.75 Å². The quantitative estimate of drug-likeness (QED) is 0.629. The lowest BCUT2D eigenvalue weighted by Gasteiger charge is -2.39. The number of benzene rings is 2. The monoisotopic (exact) mass is 406 g/mol. The van der Waals surface area contributed by atoms with Crippen LogP contribution in [0, 0.1) is 0 Å². The zero-order valence-electron chi connectivity index (χ0n) is 17.5. The Bertz CT molecular complexity index is 966. The first-order chi connectivity index (χ1) is 14.6. The Morgan fingerprint density at radius 1 is 1.10 bits per heavy atom. The fourth-order valence-electron chi connectivity index (χ4n) is 4.08. The van der Waals surface area contributed by atoms with Crippen LogP contribution in [0.25, 0.3) is 10.9 Å². The van der Waals surface area contributed by atoms with Crippen LogP contribution in [0.3, 0.4) is 0 Å². The molecule has 2 aromatic carbocycles. The summed E-state index contributed by atoms with van der Waals surface area (Å²) in [6, 6.07) is 18.0. The SMILES string of the molecule is CCc1ccc(OC[C@@H](O)CN2CCC(O)(c3cnc4ccccc4c3)CC2)cc1. The zero-order valence-corrected chi connectivity index (χ0v) is 17.5. The van der Waals surface area contributed by atoms with Crippen molar-refractivity contribution in [3.63, 3.8) is 0 Å². The van der Waals surface area contributed by atoms with E-state index in [1.807, 2.05) is 42.5 Å². The lowest BCUT2D eigenvalue weighted by atomic mass is 9.84. The van der Waals surface area contributed by atoms with E-state index in [1.54, 1.807) is 6.20 Å². The van der Waals surface area contributed by atoms with E-state index in [2.05, 4.69) is 28.9 Å². The average Bonchev–Trinajstić information content (AvgIpc) is 2.79. The van der Waals surface area contributed by atoms with Gasteiger partial charge in [0.15, 0.2) is 0 Å². The van der Waals surface area contributed by atoms with Crippen molar-refractivity contribution in [3.8, 4) is 5.75 Å². The molecular weight excluding hydrogens is 376 g/mol. The second-order valence-electron chi connectivity index (χ2n) is 8.21. The number of pyridine rings is 1. The smallest absolute Gasteiger partial charge is 0.119 e. The van der Waals surface area contributed by atoms with Crippen molar-refractivity contribution in [1.29, 1.82) is 0 Å². The van der Waals surface area contributed by atoms with E-state index in [9.17, 15) is 10.2 Å². The highest BCUT2D eigenvalue weighted by atomic mass is 16.5. The van der Waals surface area contributed by atoms with Gasteiger partial charge in [-0.1, -0.05) is 37.3 Å². The Labute approximate surface area is 177 Å². The van der Waals surface area contributed by atoms with Crippen molar-refractivity contribution in [2.45, 2.75) is 37.9 Å². The van der Waals surface area contributed by atoms with Gasteiger partial charge in [-0.25, -0.2) is 0 Å². The number of para-hydroxylation sites is 1. The third-order valence-electron chi connectivity index (χ3n) is 6.05. The zero-order chi connectivity index (χ0) is 21.0. The minimum atomic E-state index is -0.865. The van der Waals surface area contributed by atoms with Crippen molar-refractivity contribution in [3.05, 3.63) is 71.9 Å². The van der Waals surface area contributed by atoms with Crippen LogP contribution in [0.4, 0.5) is 0 Å². The Morgan fingerprint density at radius 2 is 1.83 bits per heavy atom. The predicted molar refractivity (Wildman–Crippen MR) is 119 cm³/mol. The van der Waals surface area contributed by atoms with Gasteiger partial charge in [-0.2, -0.15) is 0 Å². The maximum absolute atomic E-state index is 11.2. The first-order valence-electron chi connectivity index (χ1n) is 10.8.